The quantitative estimate of drug-likeness (QED) is 0.562. The Kier molecular flexibility index (Phi) is 5.57. The fourth-order valence-electron chi connectivity index (χ4n) is 2.80. The van der Waals surface area contributed by atoms with Gasteiger partial charge in [0.05, 0.1) is 11.4 Å². The molecule has 1 aliphatic rings. The lowest BCUT2D eigenvalue weighted by atomic mass is 10.1. The number of benzene rings is 2. The van der Waals surface area contributed by atoms with Crippen molar-refractivity contribution >= 4 is 39.0 Å². The van der Waals surface area contributed by atoms with Gasteiger partial charge in [-0.3, -0.25) is 0 Å². The van der Waals surface area contributed by atoms with E-state index in [1.807, 2.05) is 12.1 Å². The van der Waals surface area contributed by atoms with E-state index in [-0.39, 0.29) is 0 Å². The summed E-state index contributed by atoms with van der Waals surface area (Å²) in [6.45, 7) is 4.79. The molecular weight excluding hydrogens is 384 g/mol. The summed E-state index contributed by atoms with van der Waals surface area (Å²) in [6, 6.07) is 12.9. The second-order valence-corrected chi connectivity index (χ2v) is 9.32. The van der Waals surface area contributed by atoms with Gasteiger partial charge in [0.15, 0.2) is 9.84 Å². The van der Waals surface area contributed by atoms with Gasteiger partial charge in [0.25, 0.3) is 0 Å². The number of hydrogen-bond donors (Lipinski definition) is 0. The largest absolute Gasteiger partial charge is 0.365 e. The lowest BCUT2D eigenvalue weighted by molar-refractivity contribution is -0.140. The molecule has 0 radical (unpaired) electrons. The second kappa shape index (κ2) is 7.74. The molecule has 0 saturated carbocycles. The van der Waals surface area contributed by atoms with Crippen molar-refractivity contribution in [1.29, 1.82) is 0 Å². The highest BCUT2D eigenvalue weighted by Gasteiger charge is 2.25. The molecular formula is C19H20N2O4S2. The van der Waals surface area contributed by atoms with Crippen molar-refractivity contribution in [3.8, 4) is 0 Å². The molecule has 0 aliphatic carbocycles. The average molecular weight is 405 g/mol. The predicted molar refractivity (Wildman–Crippen MR) is 106 cm³/mol. The maximum atomic E-state index is 11.6. The maximum absolute atomic E-state index is 11.6. The third kappa shape index (κ3) is 4.51. The Morgan fingerprint density at radius 2 is 1.85 bits per heavy atom. The standard InChI is InChI=1S/C19H20N2O4S2/c1-4-21-12-18(20-25-13(2)22)17-10-7-15(11-19(17)21)26-14-5-8-16(9-6-14)27(3,23)24/h5-11H,4,12H2,1-3H3/b20-18+. The summed E-state index contributed by atoms with van der Waals surface area (Å²) < 4.78 is 23.1. The number of fused-ring (bicyclic) bond motifs is 1. The molecule has 8 heteroatoms. The van der Waals surface area contributed by atoms with Gasteiger partial charge in [0.2, 0.25) is 0 Å². The average Bonchev–Trinajstić information content (AvgIpc) is 2.97. The molecule has 0 saturated heterocycles. The zero-order valence-electron chi connectivity index (χ0n) is 15.3. The molecule has 0 atom stereocenters. The Hall–Kier alpha value is -2.32. The van der Waals surface area contributed by atoms with Crippen molar-refractivity contribution in [3.63, 3.8) is 0 Å². The van der Waals surface area contributed by atoms with E-state index in [1.54, 1.807) is 36.0 Å². The summed E-state index contributed by atoms with van der Waals surface area (Å²) in [7, 11) is -3.19. The van der Waals surface area contributed by atoms with Gasteiger partial charge in [-0.25, -0.2) is 13.2 Å². The number of rotatable bonds is 5. The molecule has 0 spiro atoms. The van der Waals surface area contributed by atoms with Crippen LogP contribution in [0.5, 0.6) is 0 Å². The molecule has 0 unspecified atom stereocenters. The predicted octanol–water partition coefficient (Wildman–Crippen LogP) is 3.35. The Balaban J connectivity index is 1.85. The minimum atomic E-state index is -3.19. The van der Waals surface area contributed by atoms with Crippen LogP contribution in [0.25, 0.3) is 0 Å². The highest BCUT2D eigenvalue weighted by atomic mass is 32.2. The molecule has 2 aromatic rings. The SMILES string of the molecule is CCN1C/C(=N\OC(C)=O)c2ccc(Sc3ccc(S(C)(=O)=O)cc3)cc21. The molecule has 0 fully saturated rings. The Morgan fingerprint density at radius 3 is 2.44 bits per heavy atom. The minimum absolute atomic E-state index is 0.310. The van der Waals surface area contributed by atoms with Crippen LogP contribution in [0.1, 0.15) is 19.4 Å². The van der Waals surface area contributed by atoms with Crippen molar-refractivity contribution in [2.75, 3.05) is 24.2 Å². The van der Waals surface area contributed by atoms with Crippen molar-refractivity contribution in [2.24, 2.45) is 5.16 Å². The van der Waals surface area contributed by atoms with Gasteiger partial charge in [0.1, 0.15) is 5.71 Å². The summed E-state index contributed by atoms with van der Waals surface area (Å²) in [6.07, 6.45) is 1.20. The first-order chi connectivity index (χ1) is 12.8. The van der Waals surface area contributed by atoms with Crippen LogP contribution >= 0.6 is 11.8 Å². The molecule has 3 rings (SSSR count). The normalized spacial score (nSPS) is 15.1. The number of hydrogen-bond acceptors (Lipinski definition) is 7. The van der Waals surface area contributed by atoms with E-state index in [2.05, 4.69) is 23.0 Å². The third-order valence-electron chi connectivity index (χ3n) is 4.12. The van der Waals surface area contributed by atoms with Gasteiger partial charge in [-0.05, 0) is 49.4 Å². The van der Waals surface area contributed by atoms with E-state index >= 15 is 0 Å². The summed E-state index contributed by atoms with van der Waals surface area (Å²) in [5.41, 5.74) is 2.73. The van der Waals surface area contributed by atoms with Crippen LogP contribution in [-0.4, -0.2) is 39.4 Å². The van der Waals surface area contributed by atoms with E-state index in [4.69, 9.17) is 4.84 Å². The first-order valence-electron chi connectivity index (χ1n) is 8.39. The number of carbonyl (C=O) groups is 1. The molecule has 142 valence electrons. The van der Waals surface area contributed by atoms with Gasteiger partial charge in [0, 0.05) is 40.8 Å². The van der Waals surface area contributed by atoms with Crippen LogP contribution in [0, 0.1) is 0 Å². The Morgan fingerprint density at radius 1 is 1.19 bits per heavy atom. The van der Waals surface area contributed by atoms with Crippen molar-refractivity contribution in [3.05, 3.63) is 48.0 Å². The van der Waals surface area contributed by atoms with Crippen LogP contribution in [0.4, 0.5) is 5.69 Å². The minimum Gasteiger partial charge on any atom is -0.365 e. The van der Waals surface area contributed by atoms with Crippen LogP contribution in [0.2, 0.25) is 0 Å². The molecule has 1 heterocycles. The van der Waals surface area contributed by atoms with Crippen LogP contribution in [0.15, 0.2) is 62.3 Å². The van der Waals surface area contributed by atoms with Crippen molar-refractivity contribution in [1.82, 2.24) is 0 Å². The van der Waals surface area contributed by atoms with Gasteiger partial charge >= 0.3 is 5.97 Å². The monoisotopic (exact) mass is 404 g/mol. The van der Waals surface area contributed by atoms with Gasteiger partial charge in [-0.15, -0.1) is 0 Å². The number of anilines is 1. The van der Waals surface area contributed by atoms with Crippen LogP contribution in [-0.2, 0) is 19.5 Å². The fraction of sp³-hybridized carbons (Fsp3) is 0.263. The van der Waals surface area contributed by atoms with E-state index < -0.39 is 15.8 Å². The second-order valence-electron chi connectivity index (χ2n) is 6.16. The summed E-state index contributed by atoms with van der Waals surface area (Å²) in [5.74, 6) is -0.441. The summed E-state index contributed by atoms with van der Waals surface area (Å²) >= 11 is 1.56. The van der Waals surface area contributed by atoms with Gasteiger partial charge in [-0.2, -0.15) is 0 Å². The Labute approximate surface area is 163 Å². The molecule has 0 bridgehead atoms. The van der Waals surface area contributed by atoms with Gasteiger partial charge < -0.3 is 9.74 Å². The highest BCUT2D eigenvalue weighted by Crippen LogP contribution is 2.35. The number of oxime groups is 1. The van der Waals surface area contributed by atoms with Crippen LogP contribution in [0.3, 0.4) is 0 Å². The first-order valence-corrected chi connectivity index (χ1v) is 11.1. The number of likely N-dealkylation sites (N-methyl/N-ethyl adjacent to an activating group) is 1. The molecule has 6 nitrogen and oxygen atoms in total. The van der Waals surface area contributed by atoms with E-state index in [0.29, 0.717) is 11.4 Å². The van der Waals surface area contributed by atoms with Crippen molar-refractivity contribution < 1.29 is 18.0 Å². The molecule has 0 N–H and O–H groups in total. The summed E-state index contributed by atoms with van der Waals surface area (Å²) in [4.78, 5) is 20.3. The van der Waals surface area contributed by atoms with Crippen LogP contribution < -0.4 is 4.90 Å². The topological polar surface area (TPSA) is 76.0 Å². The van der Waals surface area contributed by atoms with E-state index in [0.717, 1.165) is 33.3 Å². The molecule has 2 aromatic carbocycles. The molecule has 0 aromatic heterocycles. The van der Waals surface area contributed by atoms with E-state index in [9.17, 15) is 13.2 Å². The van der Waals surface area contributed by atoms with Gasteiger partial charge in [-0.1, -0.05) is 16.9 Å². The third-order valence-corrected chi connectivity index (χ3v) is 6.24. The molecule has 27 heavy (non-hydrogen) atoms. The number of carbonyl (C=O) groups excluding carboxylic acids is 1. The first kappa shape index (κ1) is 19.4. The fourth-order valence-corrected chi connectivity index (χ4v) is 4.28. The Bertz CT molecular complexity index is 999. The zero-order valence-corrected chi connectivity index (χ0v) is 16.9. The molecule has 1 aliphatic heterocycles. The lowest BCUT2D eigenvalue weighted by Gasteiger charge is -2.16. The summed E-state index contributed by atoms with van der Waals surface area (Å²) in [5, 5.41) is 3.97. The maximum Gasteiger partial charge on any atom is 0.331 e. The zero-order chi connectivity index (χ0) is 19.6. The number of nitrogens with zero attached hydrogens (tertiary/aromatic N) is 2. The lowest BCUT2D eigenvalue weighted by Crippen LogP contribution is -2.22. The van der Waals surface area contributed by atoms with E-state index in [1.165, 1.54) is 13.2 Å². The number of sulfone groups is 1. The highest BCUT2D eigenvalue weighted by molar-refractivity contribution is 7.99. The molecule has 0 amide bonds. The smallest absolute Gasteiger partial charge is 0.331 e. The van der Waals surface area contributed by atoms with Crippen molar-refractivity contribution in [2.45, 2.75) is 28.5 Å².